The number of Topliss-reactive ketones (excluding diaryl/α,β-unsaturated/α-hetero) is 1. The summed E-state index contributed by atoms with van der Waals surface area (Å²) in [6, 6.07) is 0. The van der Waals surface area contributed by atoms with E-state index in [1.807, 2.05) is 0 Å². The Labute approximate surface area is 71.0 Å². The number of esters is 1. The molecule has 0 aliphatic carbocycles. The first-order valence-corrected chi connectivity index (χ1v) is 3.36. The summed E-state index contributed by atoms with van der Waals surface area (Å²) in [7, 11) is 1.26. The molecule has 0 aromatic carbocycles. The van der Waals surface area contributed by atoms with Crippen molar-refractivity contribution in [3.63, 3.8) is 0 Å². The number of aliphatic hydroxyl groups excluding tert-OH is 2. The number of rotatable bonds is 3. The van der Waals surface area contributed by atoms with Gasteiger partial charge in [-0.25, -0.2) is 0 Å². The molecule has 5 nitrogen and oxygen atoms in total. The first kappa shape index (κ1) is 13.6. The van der Waals surface area contributed by atoms with Gasteiger partial charge in [0, 0.05) is 0 Å². The maximum atomic E-state index is 10.2. The van der Waals surface area contributed by atoms with Crippen LogP contribution in [-0.2, 0) is 14.3 Å². The normalized spacial score (nSPS) is 8.00. The largest absolute Gasteiger partial charge is 0.469 e. The number of aliphatic hydroxyl groups is 2. The lowest BCUT2D eigenvalue weighted by atomic mass is 10.3. The smallest absolute Gasteiger partial charge is 0.313 e. The highest BCUT2D eigenvalue weighted by molar-refractivity contribution is 5.93. The average Bonchev–Trinajstić information content (AvgIpc) is 2.04. The molecule has 0 amide bonds. The van der Waals surface area contributed by atoms with E-state index in [4.69, 9.17) is 10.2 Å². The fourth-order valence-electron chi connectivity index (χ4n) is 0.275. The Morgan fingerprint density at radius 3 is 1.75 bits per heavy atom. The predicted octanol–water partition coefficient (Wildman–Crippen LogP) is -0.891. The second-order valence-electron chi connectivity index (χ2n) is 1.90. The number of ketones is 1. The lowest BCUT2D eigenvalue weighted by molar-refractivity contribution is -0.142. The summed E-state index contributed by atoms with van der Waals surface area (Å²) in [5.41, 5.74) is 0. The average molecular weight is 178 g/mol. The highest BCUT2D eigenvalue weighted by Gasteiger charge is 2.01. The van der Waals surface area contributed by atoms with E-state index in [-0.39, 0.29) is 25.4 Å². The Hall–Kier alpha value is -0.940. The van der Waals surface area contributed by atoms with Gasteiger partial charge in [0.15, 0.2) is 0 Å². The van der Waals surface area contributed by atoms with Crippen LogP contribution in [0.2, 0.25) is 0 Å². The minimum absolute atomic E-state index is 0.115. The van der Waals surface area contributed by atoms with E-state index in [1.165, 1.54) is 14.0 Å². The predicted molar refractivity (Wildman–Crippen MR) is 41.5 cm³/mol. The molecule has 2 N–H and O–H groups in total. The lowest BCUT2D eigenvalue weighted by Gasteiger charge is -1.90. The fraction of sp³-hybridized carbons (Fsp3) is 0.714. The molecule has 0 rings (SSSR count). The third-order valence-electron chi connectivity index (χ3n) is 0.721. The summed E-state index contributed by atoms with van der Waals surface area (Å²) < 4.78 is 4.20. The number of carbonyl (C=O) groups excluding carboxylic acids is 2. The SMILES string of the molecule is COC(=O)CC(C)=O.OCCO. The number of hydrogen-bond acceptors (Lipinski definition) is 5. The van der Waals surface area contributed by atoms with Crippen LogP contribution in [0.4, 0.5) is 0 Å². The third kappa shape index (κ3) is 16.0. The molecule has 0 unspecified atom stereocenters. The number of methoxy groups -OCH3 is 1. The molecule has 0 atom stereocenters. The molecule has 0 aromatic heterocycles. The molecule has 0 heterocycles. The first-order chi connectivity index (χ1) is 5.58. The number of ether oxygens (including phenoxy) is 1. The van der Waals surface area contributed by atoms with Crippen LogP contribution in [0.5, 0.6) is 0 Å². The minimum atomic E-state index is -0.475. The van der Waals surface area contributed by atoms with Gasteiger partial charge >= 0.3 is 5.97 Å². The van der Waals surface area contributed by atoms with Crippen molar-refractivity contribution in [3.8, 4) is 0 Å². The molecule has 5 heteroatoms. The minimum Gasteiger partial charge on any atom is -0.469 e. The van der Waals surface area contributed by atoms with E-state index >= 15 is 0 Å². The standard InChI is InChI=1S/C5H8O3.C2H6O2/c1-4(6)3-5(7)8-2;3-1-2-4/h3H2,1-2H3;3-4H,1-2H2. The molecule has 0 saturated carbocycles. The third-order valence-corrected chi connectivity index (χ3v) is 0.721. The molecule has 0 saturated heterocycles. The maximum absolute atomic E-state index is 10.2. The second-order valence-corrected chi connectivity index (χ2v) is 1.90. The van der Waals surface area contributed by atoms with Gasteiger partial charge < -0.3 is 14.9 Å². The Morgan fingerprint density at radius 1 is 1.25 bits per heavy atom. The Balaban J connectivity index is 0. The van der Waals surface area contributed by atoms with Crippen LogP contribution in [0, 0.1) is 0 Å². The van der Waals surface area contributed by atoms with Crippen LogP contribution in [0.1, 0.15) is 13.3 Å². The maximum Gasteiger partial charge on any atom is 0.313 e. The van der Waals surface area contributed by atoms with E-state index in [0.717, 1.165) is 0 Å². The molecule has 72 valence electrons. The van der Waals surface area contributed by atoms with Crippen LogP contribution in [0.3, 0.4) is 0 Å². The Morgan fingerprint density at radius 2 is 1.67 bits per heavy atom. The van der Waals surface area contributed by atoms with Crippen LogP contribution < -0.4 is 0 Å². The van der Waals surface area contributed by atoms with Gasteiger partial charge in [-0.3, -0.25) is 9.59 Å². The summed E-state index contributed by atoms with van der Waals surface area (Å²) >= 11 is 0. The van der Waals surface area contributed by atoms with E-state index < -0.39 is 5.97 Å². The molecule has 12 heavy (non-hydrogen) atoms. The van der Waals surface area contributed by atoms with Gasteiger partial charge in [0.1, 0.15) is 12.2 Å². The van der Waals surface area contributed by atoms with Crippen molar-refractivity contribution in [1.82, 2.24) is 0 Å². The van der Waals surface area contributed by atoms with Crippen molar-refractivity contribution in [2.75, 3.05) is 20.3 Å². The summed E-state index contributed by atoms with van der Waals surface area (Å²) in [5, 5.41) is 15.2. The van der Waals surface area contributed by atoms with E-state index in [2.05, 4.69) is 4.74 Å². The van der Waals surface area contributed by atoms with Crippen LogP contribution in [0.15, 0.2) is 0 Å². The van der Waals surface area contributed by atoms with Gasteiger partial charge in [0.25, 0.3) is 0 Å². The number of hydrogen-bond donors (Lipinski definition) is 2. The number of carbonyl (C=O) groups is 2. The highest BCUT2D eigenvalue weighted by Crippen LogP contribution is 1.83. The Kier molecular flexibility index (Phi) is 11.4. The summed E-state index contributed by atoms with van der Waals surface area (Å²) in [5.74, 6) is -0.644. The van der Waals surface area contributed by atoms with Crippen molar-refractivity contribution in [2.45, 2.75) is 13.3 Å². The fourth-order valence-corrected chi connectivity index (χ4v) is 0.275. The van der Waals surface area contributed by atoms with Crippen LogP contribution >= 0.6 is 0 Å². The van der Waals surface area contributed by atoms with Crippen molar-refractivity contribution < 1.29 is 24.5 Å². The Bertz CT molecular complexity index is 130. The molecule has 0 aromatic rings. The van der Waals surface area contributed by atoms with Gasteiger partial charge in [-0.1, -0.05) is 0 Å². The molecule has 0 aliphatic heterocycles. The van der Waals surface area contributed by atoms with Gasteiger partial charge in [-0.05, 0) is 6.92 Å². The monoisotopic (exact) mass is 178 g/mol. The summed E-state index contributed by atoms with van der Waals surface area (Å²) in [6.07, 6.45) is -0.115. The second kappa shape index (κ2) is 10.1. The summed E-state index contributed by atoms with van der Waals surface area (Å²) in [4.78, 5) is 20.3. The van der Waals surface area contributed by atoms with Gasteiger partial charge in [-0.2, -0.15) is 0 Å². The van der Waals surface area contributed by atoms with Gasteiger partial charge in [0.2, 0.25) is 0 Å². The van der Waals surface area contributed by atoms with E-state index in [1.54, 1.807) is 0 Å². The van der Waals surface area contributed by atoms with Crippen molar-refractivity contribution in [2.24, 2.45) is 0 Å². The van der Waals surface area contributed by atoms with E-state index in [9.17, 15) is 9.59 Å². The zero-order chi connectivity index (χ0) is 9.98. The van der Waals surface area contributed by atoms with Crippen molar-refractivity contribution in [1.29, 1.82) is 0 Å². The zero-order valence-electron chi connectivity index (χ0n) is 7.24. The van der Waals surface area contributed by atoms with Crippen molar-refractivity contribution >= 4 is 11.8 Å². The van der Waals surface area contributed by atoms with Gasteiger partial charge in [0.05, 0.1) is 20.3 Å². The molecule has 0 aliphatic rings. The molecular formula is C7H14O5. The van der Waals surface area contributed by atoms with Crippen LogP contribution in [0.25, 0.3) is 0 Å². The molecule has 0 radical (unpaired) electrons. The van der Waals surface area contributed by atoms with Gasteiger partial charge in [-0.15, -0.1) is 0 Å². The molecule has 0 bridgehead atoms. The van der Waals surface area contributed by atoms with Crippen LogP contribution in [-0.4, -0.2) is 42.3 Å². The lowest BCUT2D eigenvalue weighted by Crippen LogP contribution is -2.05. The quantitative estimate of drug-likeness (QED) is 0.432. The zero-order valence-corrected chi connectivity index (χ0v) is 7.24. The summed E-state index contributed by atoms with van der Waals surface area (Å²) in [6.45, 7) is 1.09. The topological polar surface area (TPSA) is 83.8 Å². The van der Waals surface area contributed by atoms with Crippen molar-refractivity contribution in [3.05, 3.63) is 0 Å². The first-order valence-electron chi connectivity index (χ1n) is 3.36. The van der Waals surface area contributed by atoms with E-state index in [0.29, 0.717) is 0 Å². The molecule has 0 spiro atoms. The highest BCUT2D eigenvalue weighted by atomic mass is 16.5. The molecular weight excluding hydrogens is 164 g/mol. The molecule has 0 fully saturated rings.